The summed E-state index contributed by atoms with van der Waals surface area (Å²) < 4.78 is 1.93. The van der Waals surface area contributed by atoms with Gasteiger partial charge in [-0.2, -0.15) is 0 Å². The normalized spacial score (nSPS) is 13.6. The Bertz CT molecular complexity index is 897. The van der Waals surface area contributed by atoms with E-state index in [9.17, 15) is 4.79 Å². The molecule has 0 spiro atoms. The van der Waals surface area contributed by atoms with Crippen LogP contribution in [-0.2, 0) is 11.2 Å². The van der Waals surface area contributed by atoms with Crippen LogP contribution in [0.15, 0.2) is 42.7 Å². The van der Waals surface area contributed by atoms with Crippen LogP contribution in [0.1, 0.15) is 12.5 Å². The van der Waals surface area contributed by atoms with Gasteiger partial charge < -0.3 is 15.0 Å². The minimum atomic E-state index is 0.0923. The van der Waals surface area contributed by atoms with E-state index in [4.69, 9.17) is 5.73 Å². The average Bonchev–Trinajstić information content (AvgIpc) is 3.09. The second-order valence-electron chi connectivity index (χ2n) is 5.62. The fraction of sp³-hybridized carbons (Fsp3) is 0.176. The molecule has 110 valence electrons. The molecule has 0 saturated heterocycles. The van der Waals surface area contributed by atoms with Gasteiger partial charge >= 0.3 is 0 Å². The number of benzene rings is 1. The lowest BCUT2D eigenvalue weighted by Gasteiger charge is -2.14. The highest BCUT2D eigenvalue weighted by atomic mass is 16.2. The third-order valence-corrected chi connectivity index (χ3v) is 4.12. The maximum Gasteiger partial charge on any atom is 0.223 e. The number of carbonyl (C=O) groups is 1. The van der Waals surface area contributed by atoms with E-state index in [0.717, 1.165) is 35.6 Å². The standard InChI is InChI=1S/C17H16N4O/c1-11(22)21-7-6-13-8-12(2-4-16(13)21)15-10-20-9-14(18)3-5-17(20)19-15/h2-5,8-10H,6-7,18H2,1H3. The number of pyridine rings is 1. The van der Waals surface area contributed by atoms with Gasteiger partial charge in [0.2, 0.25) is 5.91 Å². The molecule has 0 saturated carbocycles. The van der Waals surface area contributed by atoms with Crippen molar-refractivity contribution in [1.29, 1.82) is 0 Å². The Morgan fingerprint density at radius 1 is 1.23 bits per heavy atom. The van der Waals surface area contributed by atoms with E-state index >= 15 is 0 Å². The molecule has 4 rings (SSSR count). The summed E-state index contributed by atoms with van der Waals surface area (Å²) in [7, 11) is 0. The molecule has 22 heavy (non-hydrogen) atoms. The van der Waals surface area contributed by atoms with E-state index in [1.165, 1.54) is 5.56 Å². The first-order chi connectivity index (χ1) is 10.6. The second kappa shape index (κ2) is 4.59. The Balaban J connectivity index is 1.78. The molecule has 3 heterocycles. The predicted molar refractivity (Wildman–Crippen MR) is 86.8 cm³/mol. The fourth-order valence-electron chi connectivity index (χ4n) is 3.04. The lowest BCUT2D eigenvalue weighted by Crippen LogP contribution is -2.25. The number of hydrogen-bond donors (Lipinski definition) is 1. The number of fused-ring (bicyclic) bond motifs is 2. The highest BCUT2D eigenvalue weighted by molar-refractivity contribution is 5.94. The van der Waals surface area contributed by atoms with Gasteiger partial charge in [0.15, 0.2) is 0 Å². The van der Waals surface area contributed by atoms with E-state index in [2.05, 4.69) is 11.1 Å². The van der Waals surface area contributed by atoms with E-state index < -0.39 is 0 Å². The smallest absolute Gasteiger partial charge is 0.223 e. The zero-order valence-corrected chi connectivity index (χ0v) is 12.3. The molecule has 2 N–H and O–H groups in total. The molecule has 1 aliphatic heterocycles. The van der Waals surface area contributed by atoms with Gasteiger partial charge in [0.05, 0.1) is 5.69 Å². The van der Waals surface area contributed by atoms with E-state index in [1.54, 1.807) is 6.92 Å². The largest absolute Gasteiger partial charge is 0.398 e. The Labute approximate surface area is 128 Å². The number of aromatic nitrogens is 2. The maximum atomic E-state index is 11.6. The monoisotopic (exact) mass is 292 g/mol. The first-order valence-electron chi connectivity index (χ1n) is 7.27. The number of nitrogens with zero attached hydrogens (tertiary/aromatic N) is 3. The van der Waals surface area contributed by atoms with E-state index in [1.807, 2.05) is 46.0 Å². The summed E-state index contributed by atoms with van der Waals surface area (Å²) >= 11 is 0. The number of imidazole rings is 1. The van der Waals surface area contributed by atoms with Crippen molar-refractivity contribution in [2.24, 2.45) is 0 Å². The van der Waals surface area contributed by atoms with Gasteiger partial charge in [-0.15, -0.1) is 0 Å². The van der Waals surface area contributed by atoms with Crippen molar-refractivity contribution in [2.75, 3.05) is 17.2 Å². The van der Waals surface area contributed by atoms with Gasteiger partial charge in [-0.05, 0) is 36.2 Å². The molecule has 1 aliphatic rings. The molecule has 5 heteroatoms. The Morgan fingerprint density at radius 3 is 2.91 bits per heavy atom. The van der Waals surface area contributed by atoms with Gasteiger partial charge in [-0.1, -0.05) is 6.07 Å². The molecular weight excluding hydrogens is 276 g/mol. The predicted octanol–water partition coefficient (Wildman–Crippen LogP) is 2.49. The second-order valence-corrected chi connectivity index (χ2v) is 5.62. The van der Waals surface area contributed by atoms with Crippen LogP contribution in [0.2, 0.25) is 0 Å². The lowest BCUT2D eigenvalue weighted by molar-refractivity contribution is -0.116. The first kappa shape index (κ1) is 12.9. The summed E-state index contributed by atoms with van der Waals surface area (Å²) in [4.78, 5) is 18.1. The number of carbonyl (C=O) groups excluding carboxylic acids is 1. The van der Waals surface area contributed by atoms with Gasteiger partial charge in [-0.25, -0.2) is 4.98 Å². The third-order valence-electron chi connectivity index (χ3n) is 4.12. The summed E-state index contributed by atoms with van der Waals surface area (Å²) in [6.45, 7) is 2.37. The topological polar surface area (TPSA) is 63.6 Å². The van der Waals surface area contributed by atoms with Crippen LogP contribution in [0.25, 0.3) is 16.9 Å². The van der Waals surface area contributed by atoms with Gasteiger partial charge in [0.1, 0.15) is 5.65 Å². The van der Waals surface area contributed by atoms with Crippen molar-refractivity contribution in [2.45, 2.75) is 13.3 Å². The number of hydrogen-bond acceptors (Lipinski definition) is 3. The number of amides is 1. The Morgan fingerprint density at radius 2 is 2.09 bits per heavy atom. The minimum Gasteiger partial charge on any atom is -0.398 e. The fourth-order valence-corrected chi connectivity index (χ4v) is 3.04. The summed E-state index contributed by atoms with van der Waals surface area (Å²) in [5, 5.41) is 0. The summed E-state index contributed by atoms with van der Waals surface area (Å²) in [5.74, 6) is 0.0923. The molecule has 1 aromatic carbocycles. The zero-order valence-electron chi connectivity index (χ0n) is 12.3. The SMILES string of the molecule is CC(=O)N1CCc2cc(-c3cn4cc(N)ccc4n3)ccc21. The van der Waals surface area contributed by atoms with Gasteiger partial charge in [-0.3, -0.25) is 4.79 Å². The van der Waals surface area contributed by atoms with Gasteiger partial charge in [0.25, 0.3) is 0 Å². The number of anilines is 2. The first-order valence-corrected chi connectivity index (χ1v) is 7.27. The maximum absolute atomic E-state index is 11.6. The van der Waals surface area contributed by atoms with Crippen LogP contribution in [0.4, 0.5) is 11.4 Å². The van der Waals surface area contributed by atoms with Crippen molar-refractivity contribution in [3.63, 3.8) is 0 Å². The van der Waals surface area contributed by atoms with Crippen LogP contribution in [0, 0.1) is 0 Å². The molecule has 0 atom stereocenters. The van der Waals surface area contributed by atoms with E-state index in [-0.39, 0.29) is 5.91 Å². The van der Waals surface area contributed by atoms with Crippen LogP contribution >= 0.6 is 0 Å². The van der Waals surface area contributed by atoms with Crippen LogP contribution in [0.5, 0.6) is 0 Å². The molecule has 0 fully saturated rings. The van der Waals surface area contributed by atoms with Crippen molar-refractivity contribution in [3.05, 3.63) is 48.3 Å². The molecule has 0 aliphatic carbocycles. The van der Waals surface area contributed by atoms with E-state index in [0.29, 0.717) is 5.69 Å². The highest BCUT2D eigenvalue weighted by Gasteiger charge is 2.22. The van der Waals surface area contributed by atoms with Gasteiger partial charge in [0, 0.05) is 42.8 Å². The quantitative estimate of drug-likeness (QED) is 0.749. The number of nitrogen functional groups attached to an aromatic ring is 1. The Kier molecular flexibility index (Phi) is 2.69. The molecule has 1 amide bonds. The molecule has 0 unspecified atom stereocenters. The lowest BCUT2D eigenvalue weighted by atomic mass is 10.1. The van der Waals surface area contributed by atoms with Crippen molar-refractivity contribution in [1.82, 2.24) is 9.38 Å². The summed E-state index contributed by atoms with van der Waals surface area (Å²) in [6, 6.07) is 9.91. The number of nitrogens with two attached hydrogens (primary N) is 1. The molecule has 3 aromatic rings. The third kappa shape index (κ3) is 1.94. The van der Waals surface area contributed by atoms with Crippen LogP contribution < -0.4 is 10.6 Å². The molecule has 0 bridgehead atoms. The zero-order chi connectivity index (χ0) is 15.3. The highest BCUT2D eigenvalue weighted by Crippen LogP contribution is 2.32. The minimum absolute atomic E-state index is 0.0923. The van der Waals surface area contributed by atoms with Crippen LogP contribution in [0.3, 0.4) is 0 Å². The molecule has 5 nitrogen and oxygen atoms in total. The van der Waals surface area contributed by atoms with Crippen molar-refractivity contribution in [3.8, 4) is 11.3 Å². The Hall–Kier alpha value is -2.82. The number of rotatable bonds is 1. The molecule has 0 radical (unpaired) electrons. The van der Waals surface area contributed by atoms with Crippen molar-refractivity contribution < 1.29 is 4.79 Å². The molecular formula is C17H16N4O. The van der Waals surface area contributed by atoms with Crippen LogP contribution in [-0.4, -0.2) is 21.8 Å². The summed E-state index contributed by atoms with van der Waals surface area (Å²) in [5.41, 5.74) is 11.6. The average molecular weight is 292 g/mol. The summed E-state index contributed by atoms with van der Waals surface area (Å²) in [6.07, 6.45) is 4.73. The molecule has 2 aromatic heterocycles. The van der Waals surface area contributed by atoms with Crippen molar-refractivity contribution >= 4 is 22.9 Å².